The molecule has 2 aliphatic rings. The Kier molecular flexibility index (Phi) is 11.4. The van der Waals surface area contributed by atoms with Crippen LogP contribution in [0.1, 0.15) is 36.8 Å². The number of fused-ring (bicyclic) bond motifs is 6. The average Bonchev–Trinajstić information content (AvgIpc) is 4.08. The molecule has 362 valence electrons. The molecule has 0 spiro atoms. The van der Waals surface area contributed by atoms with Crippen LogP contribution in [0, 0.1) is 0 Å². The third-order valence-electron chi connectivity index (χ3n) is 15.4. The summed E-state index contributed by atoms with van der Waals surface area (Å²) < 4.78 is 12.8. The average molecular weight is 977 g/mol. The number of nitrogens with zero attached hydrogens (tertiary/aromatic N) is 2. The number of para-hydroxylation sites is 6. The zero-order chi connectivity index (χ0) is 50.4. The first kappa shape index (κ1) is 45.0. The molecule has 0 atom stereocenters. The van der Waals surface area contributed by atoms with Crippen LogP contribution in [0.15, 0.2) is 287 Å². The lowest BCUT2D eigenvalue weighted by Crippen LogP contribution is -2.10. The third-order valence-corrected chi connectivity index (χ3v) is 15.4. The molecule has 0 N–H and O–H groups in total. The van der Waals surface area contributed by atoms with Crippen molar-refractivity contribution in [3.05, 3.63) is 289 Å². The molecule has 0 bridgehead atoms. The number of benzene rings is 10. The van der Waals surface area contributed by atoms with Gasteiger partial charge in [0, 0.05) is 66.8 Å². The molecule has 4 heteroatoms. The third kappa shape index (κ3) is 8.31. The fourth-order valence-corrected chi connectivity index (χ4v) is 11.5. The van der Waals surface area contributed by atoms with Crippen LogP contribution in [0.4, 0.5) is 34.1 Å². The number of hydrogen-bond acceptors (Lipinski definition) is 4. The second kappa shape index (κ2) is 19.3. The molecule has 0 saturated carbocycles. The van der Waals surface area contributed by atoms with Gasteiger partial charge in [-0.05, 0) is 155 Å². The number of furan rings is 2. The van der Waals surface area contributed by atoms with Gasteiger partial charge in [-0.1, -0.05) is 182 Å². The maximum atomic E-state index is 6.39. The molecule has 0 amide bonds. The van der Waals surface area contributed by atoms with Crippen LogP contribution in [0.25, 0.3) is 77.3 Å². The molecule has 0 unspecified atom stereocenters. The summed E-state index contributed by atoms with van der Waals surface area (Å²) in [5.41, 5.74) is 22.9. The molecule has 0 saturated heterocycles. The van der Waals surface area contributed by atoms with Crippen LogP contribution < -0.4 is 9.80 Å². The number of allylic oxidation sites excluding steroid dienone is 8. The second-order valence-electron chi connectivity index (χ2n) is 19.9. The predicted octanol–water partition coefficient (Wildman–Crippen LogP) is 20.7. The Hall–Kier alpha value is -9.64. The summed E-state index contributed by atoms with van der Waals surface area (Å²) in [6.07, 6.45) is 13.5. The molecule has 2 heterocycles. The van der Waals surface area contributed by atoms with Gasteiger partial charge in [-0.2, -0.15) is 0 Å². The predicted molar refractivity (Wildman–Crippen MR) is 318 cm³/mol. The minimum Gasteiger partial charge on any atom is -0.455 e. The van der Waals surface area contributed by atoms with Gasteiger partial charge in [0.05, 0.1) is 0 Å². The van der Waals surface area contributed by atoms with E-state index < -0.39 is 0 Å². The lowest BCUT2D eigenvalue weighted by Gasteiger charge is -2.26. The number of rotatable bonds is 11. The highest BCUT2D eigenvalue weighted by atomic mass is 16.3. The molecule has 2 aliphatic carbocycles. The molecule has 0 radical (unpaired) electrons. The van der Waals surface area contributed by atoms with Crippen molar-refractivity contribution in [1.82, 2.24) is 0 Å². The molecular formula is C72H52N2O2. The van der Waals surface area contributed by atoms with Crippen LogP contribution in [0.3, 0.4) is 0 Å². The Morgan fingerprint density at radius 1 is 0.237 bits per heavy atom. The van der Waals surface area contributed by atoms with Crippen LogP contribution >= 0.6 is 0 Å². The van der Waals surface area contributed by atoms with Gasteiger partial charge in [-0.3, -0.25) is 0 Å². The van der Waals surface area contributed by atoms with Crippen molar-refractivity contribution in [1.29, 1.82) is 0 Å². The van der Waals surface area contributed by atoms with Gasteiger partial charge in [0.1, 0.15) is 22.3 Å². The molecule has 4 nitrogen and oxygen atoms in total. The van der Waals surface area contributed by atoms with Crippen molar-refractivity contribution in [3.8, 4) is 22.3 Å². The van der Waals surface area contributed by atoms with Crippen molar-refractivity contribution >= 4 is 89.1 Å². The lowest BCUT2D eigenvalue weighted by molar-refractivity contribution is 0.669. The standard InChI is InChI=1S/C72H52N2O2/c1-3-13-57(14-4-1)73(61-45-37-55(38-46-61)63-19-11-21-67-65-17-7-9-23-69(65)75-71(63)67)59-41-33-53(34-42-59)51-29-25-49(26-30-51)50-27-31-52(32-28-50)54-35-43-60(44-36-54)74(58-15-5-2-6-16-58)62-47-39-56(40-48-62)64-20-12-22-68-66-18-8-10-24-70(66)76-72(64)68/h1-25,27,29,31,33-48H,26,28,30,32H2. The highest BCUT2D eigenvalue weighted by Gasteiger charge is 2.20. The van der Waals surface area contributed by atoms with E-state index in [0.29, 0.717) is 0 Å². The van der Waals surface area contributed by atoms with Crippen molar-refractivity contribution in [2.45, 2.75) is 25.7 Å². The van der Waals surface area contributed by atoms with E-state index in [-0.39, 0.29) is 0 Å². The first-order valence-electron chi connectivity index (χ1n) is 26.4. The zero-order valence-electron chi connectivity index (χ0n) is 41.9. The van der Waals surface area contributed by atoms with Gasteiger partial charge < -0.3 is 18.6 Å². The molecule has 2 aromatic heterocycles. The fourth-order valence-electron chi connectivity index (χ4n) is 11.5. The van der Waals surface area contributed by atoms with Crippen molar-refractivity contribution in [3.63, 3.8) is 0 Å². The summed E-state index contributed by atoms with van der Waals surface area (Å²) in [6, 6.07) is 86.5. The summed E-state index contributed by atoms with van der Waals surface area (Å²) in [7, 11) is 0. The lowest BCUT2D eigenvalue weighted by atomic mass is 9.84. The van der Waals surface area contributed by atoms with Gasteiger partial charge in [0.2, 0.25) is 0 Å². The first-order valence-corrected chi connectivity index (χ1v) is 26.4. The smallest absolute Gasteiger partial charge is 0.143 e. The van der Waals surface area contributed by atoms with Gasteiger partial charge in [-0.25, -0.2) is 0 Å². The van der Waals surface area contributed by atoms with E-state index in [1.807, 2.05) is 24.3 Å². The van der Waals surface area contributed by atoms with Gasteiger partial charge >= 0.3 is 0 Å². The highest BCUT2D eigenvalue weighted by Crippen LogP contribution is 2.43. The molecule has 0 fully saturated rings. The summed E-state index contributed by atoms with van der Waals surface area (Å²) in [4.78, 5) is 4.67. The van der Waals surface area contributed by atoms with Gasteiger partial charge in [0.25, 0.3) is 0 Å². The Labute approximate surface area is 442 Å². The largest absolute Gasteiger partial charge is 0.455 e. The van der Waals surface area contributed by atoms with E-state index in [0.717, 1.165) is 126 Å². The molecule has 0 aliphatic heterocycles. The maximum Gasteiger partial charge on any atom is 0.143 e. The summed E-state index contributed by atoms with van der Waals surface area (Å²) >= 11 is 0. The van der Waals surface area contributed by atoms with Gasteiger partial charge in [-0.15, -0.1) is 0 Å². The van der Waals surface area contributed by atoms with E-state index in [2.05, 4.69) is 252 Å². The van der Waals surface area contributed by atoms with Gasteiger partial charge in [0.15, 0.2) is 0 Å². The summed E-state index contributed by atoms with van der Waals surface area (Å²) in [6.45, 7) is 0. The van der Waals surface area contributed by atoms with Crippen LogP contribution in [-0.4, -0.2) is 0 Å². The molecule has 14 rings (SSSR count). The SMILES string of the molecule is C1=C(C2=CC=C(c3ccc(N(c4ccccc4)c4ccc(-c5cccc6c5oc5ccccc56)cc4)cc3)CC2)CCC(c2ccc(N(c3ccccc3)c3ccc(-c4cccc5c4oc4ccccc45)cc3)cc2)=C1. The highest BCUT2D eigenvalue weighted by molar-refractivity contribution is 6.10. The van der Waals surface area contributed by atoms with E-state index >= 15 is 0 Å². The normalized spacial score (nSPS) is 13.6. The Morgan fingerprint density at radius 2 is 0.539 bits per heavy atom. The Morgan fingerprint density at radius 3 is 0.908 bits per heavy atom. The molecule has 76 heavy (non-hydrogen) atoms. The van der Waals surface area contributed by atoms with Crippen LogP contribution in [0.2, 0.25) is 0 Å². The minimum absolute atomic E-state index is 0.912. The number of hydrogen-bond donors (Lipinski definition) is 0. The monoisotopic (exact) mass is 976 g/mol. The number of anilines is 6. The molecule has 10 aromatic carbocycles. The van der Waals surface area contributed by atoms with E-state index in [9.17, 15) is 0 Å². The van der Waals surface area contributed by atoms with E-state index in [4.69, 9.17) is 8.83 Å². The minimum atomic E-state index is 0.912. The topological polar surface area (TPSA) is 32.8 Å². The fraction of sp³-hybridized carbons (Fsp3) is 0.0556. The molecule has 12 aromatic rings. The summed E-state index contributed by atoms with van der Waals surface area (Å²) in [5, 5.41) is 4.56. The quantitative estimate of drug-likeness (QED) is 0.129. The molecular weight excluding hydrogens is 925 g/mol. The van der Waals surface area contributed by atoms with E-state index in [1.165, 1.54) is 33.4 Å². The van der Waals surface area contributed by atoms with Crippen molar-refractivity contribution < 1.29 is 8.83 Å². The Bertz CT molecular complexity index is 3950. The zero-order valence-corrected chi connectivity index (χ0v) is 41.9. The van der Waals surface area contributed by atoms with Crippen molar-refractivity contribution in [2.24, 2.45) is 0 Å². The second-order valence-corrected chi connectivity index (χ2v) is 19.9. The summed E-state index contributed by atoms with van der Waals surface area (Å²) in [5.74, 6) is 0. The van der Waals surface area contributed by atoms with Crippen LogP contribution in [0.5, 0.6) is 0 Å². The maximum absolute atomic E-state index is 6.39. The van der Waals surface area contributed by atoms with Crippen LogP contribution in [-0.2, 0) is 0 Å². The van der Waals surface area contributed by atoms with Crippen molar-refractivity contribution in [2.75, 3.05) is 9.80 Å². The Balaban J connectivity index is 0.676. The van der Waals surface area contributed by atoms with E-state index in [1.54, 1.807) is 0 Å². The first-order chi connectivity index (χ1) is 37.7.